The smallest absolute Gasteiger partial charge is 0.348 e. The molecule has 0 spiro atoms. The van der Waals surface area contributed by atoms with Gasteiger partial charge in [0.05, 0.1) is 12.5 Å². The Kier molecular flexibility index (Phi) is 4.36. The molecule has 0 saturated carbocycles. The largest absolute Gasteiger partial charge is 0.465 e. The van der Waals surface area contributed by atoms with Crippen LogP contribution in [0, 0.1) is 6.92 Å². The zero-order valence-corrected chi connectivity index (χ0v) is 14.3. The molecule has 0 unspecified atom stereocenters. The second kappa shape index (κ2) is 6.29. The summed E-state index contributed by atoms with van der Waals surface area (Å²) in [6, 6.07) is 0. The van der Waals surface area contributed by atoms with Gasteiger partial charge >= 0.3 is 5.97 Å². The van der Waals surface area contributed by atoms with Gasteiger partial charge < -0.3 is 14.5 Å². The zero-order chi connectivity index (χ0) is 16.6. The van der Waals surface area contributed by atoms with Crippen LogP contribution in [0.3, 0.4) is 0 Å². The van der Waals surface area contributed by atoms with Crippen molar-refractivity contribution in [3.05, 3.63) is 15.7 Å². The normalized spacial score (nSPS) is 15.1. The van der Waals surface area contributed by atoms with E-state index in [-0.39, 0.29) is 5.28 Å². The number of anilines is 1. The lowest BCUT2D eigenvalue weighted by Crippen LogP contribution is -2.46. The molecule has 1 saturated heterocycles. The van der Waals surface area contributed by atoms with Gasteiger partial charge in [0.2, 0.25) is 11.7 Å². The van der Waals surface area contributed by atoms with Crippen molar-refractivity contribution in [2.75, 3.05) is 38.2 Å². The van der Waals surface area contributed by atoms with Crippen molar-refractivity contribution < 1.29 is 14.3 Å². The van der Waals surface area contributed by atoms with Crippen LogP contribution in [0.1, 0.15) is 15.2 Å². The van der Waals surface area contributed by atoms with E-state index in [2.05, 4.69) is 14.9 Å². The number of carbonyl (C=O) groups excluding carboxylic acids is 2. The van der Waals surface area contributed by atoms with Crippen LogP contribution >= 0.6 is 22.9 Å². The summed E-state index contributed by atoms with van der Waals surface area (Å²) in [4.78, 5) is 36.3. The fourth-order valence-electron chi connectivity index (χ4n) is 2.65. The molecule has 0 N–H and O–H groups in total. The number of rotatable bonds is 3. The number of aromatic nitrogens is 2. The fraction of sp³-hybridized carbons (Fsp3) is 0.429. The molecule has 1 amide bonds. The van der Waals surface area contributed by atoms with Gasteiger partial charge in [-0.05, 0) is 24.1 Å². The highest BCUT2D eigenvalue weighted by molar-refractivity contribution is 7.20. The van der Waals surface area contributed by atoms with Crippen LogP contribution in [-0.4, -0.2) is 60.5 Å². The molecule has 9 heteroatoms. The number of aryl methyl sites for hydroxylation is 1. The topological polar surface area (TPSA) is 75.6 Å². The Morgan fingerprint density at radius 3 is 2.61 bits per heavy atom. The lowest BCUT2D eigenvalue weighted by Gasteiger charge is -2.33. The first-order chi connectivity index (χ1) is 11.0. The molecule has 122 valence electrons. The molecule has 2 aromatic heterocycles. The molecule has 7 nitrogen and oxygen atoms in total. The van der Waals surface area contributed by atoms with Crippen LogP contribution in [0.25, 0.3) is 10.2 Å². The molecule has 3 rings (SSSR count). The van der Waals surface area contributed by atoms with Gasteiger partial charge in [0, 0.05) is 26.2 Å². The number of methoxy groups -OCH3 is 1. The Morgan fingerprint density at radius 2 is 2.00 bits per heavy atom. The zero-order valence-electron chi connectivity index (χ0n) is 12.7. The van der Waals surface area contributed by atoms with Crippen molar-refractivity contribution >= 4 is 51.4 Å². The Labute approximate surface area is 141 Å². The molecular weight excluding hydrogens is 340 g/mol. The maximum absolute atomic E-state index is 11.9. The summed E-state index contributed by atoms with van der Waals surface area (Å²) in [7, 11) is 1.35. The number of piperazine rings is 1. The number of halogens is 1. The fourth-order valence-corrected chi connectivity index (χ4v) is 3.96. The number of carbonyl (C=O) groups is 2. The Balaban J connectivity index is 2.07. The van der Waals surface area contributed by atoms with E-state index in [0.717, 1.165) is 17.4 Å². The number of hydrogen-bond donors (Lipinski definition) is 0. The molecule has 1 fully saturated rings. The maximum atomic E-state index is 11.9. The van der Waals surface area contributed by atoms with Gasteiger partial charge in [-0.3, -0.25) is 4.79 Å². The standard InChI is InChI=1S/C14H15ClN4O3S/c1-8-9-11(19-5-3-18(7-20)4-6-19)16-14(15)17-12(9)23-10(8)13(21)22-2/h7H,3-6H2,1-2H3. The summed E-state index contributed by atoms with van der Waals surface area (Å²) in [5.74, 6) is 0.313. The lowest BCUT2D eigenvalue weighted by molar-refractivity contribution is -0.118. The first-order valence-electron chi connectivity index (χ1n) is 7.04. The number of esters is 1. The molecule has 23 heavy (non-hydrogen) atoms. The first-order valence-corrected chi connectivity index (χ1v) is 8.24. The molecule has 0 bridgehead atoms. The monoisotopic (exact) mass is 354 g/mol. The van der Waals surface area contributed by atoms with Crippen LogP contribution < -0.4 is 4.90 Å². The van der Waals surface area contributed by atoms with Gasteiger partial charge in [0.15, 0.2) is 0 Å². The predicted octanol–water partition coefficient (Wildman–Crippen LogP) is 1.72. The Hall–Kier alpha value is -1.93. The van der Waals surface area contributed by atoms with E-state index >= 15 is 0 Å². The van der Waals surface area contributed by atoms with Crippen molar-refractivity contribution in [2.45, 2.75) is 6.92 Å². The highest BCUT2D eigenvalue weighted by atomic mass is 35.5. The van der Waals surface area contributed by atoms with Crippen molar-refractivity contribution in [3.8, 4) is 0 Å². The van der Waals surface area contributed by atoms with Gasteiger partial charge in [0.25, 0.3) is 0 Å². The summed E-state index contributed by atoms with van der Waals surface area (Å²) in [5.41, 5.74) is 0.793. The summed E-state index contributed by atoms with van der Waals surface area (Å²) < 4.78 is 4.82. The molecule has 3 heterocycles. The average molecular weight is 355 g/mol. The van der Waals surface area contributed by atoms with Gasteiger partial charge in [-0.25, -0.2) is 9.78 Å². The predicted molar refractivity (Wildman–Crippen MR) is 88.4 cm³/mol. The Bertz CT molecular complexity index is 771. The minimum Gasteiger partial charge on any atom is -0.465 e. The van der Waals surface area contributed by atoms with E-state index in [4.69, 9.17) is 16.3 Å². The van der Waals surface area contributed by atoms with Gasteiger partial charge in [0.1, 0.15) is 15.5 Å². The van der Waals surface area contributed by atoms with E-state index < -0.39 is 5.97 Å². The number of ether oxygens (including phenoxy) is 1. The lowest BCUT2D eigenvalue weighted by atomic mass is 10.2. The van der Waals surface area contributed by atoms with Crippen LogP contribution in [0.2, 0.25) is 5.28 Å². The van der Waals surface area contributed by atoms with Crippen molar-refractivity contribution in [3.63, 3.8) is 0 Å². The number of thiophene rings is 1. The van der Waals surface area contributed by atoms with Gasteiger partial charge in [-0.1, -0.05) is 0 Å². The number of fused-ring (bicyclic) bond motifs is 1. The average Bonchev–Trinajstić information content (AvgIpc) is 2.90. The first kappa shape index (κ1) is 15.9. The minimum atomic E-state index is -0.390. The van der Waals surface area contributed by atoms with Gasteiger partial charge in [-0.2, -0.15) is 4.98 Å². The third-order valence-electron chi connectivity index (χ3n) is 3.88. The number of hydrogen-bond acceptors (Lipinski definition) is 7. The Morgan fingerprint density at radius 1 is 1.30 bits per heavy atom. The van der Waals surface area contributed by atoms with Crippen LogP contribution in [-0.2, 0) is 9.53 Å². The second-order valence-corrected chi connectivity index (χ2v) is 6.51. The van der Waals surface area contributed by atoms with E-state index in [0.29, 0.717) is 41.7 Å². The molecular formula is C14H15ClN4O3S. The van der Waals surface area contributed by atoms with Crippen molar-refractivity contribution in [1.82, 2.24) is 14.9 Å². The third-order valence-corrected chi connectivity index (χ3v) is 5.21. The maximum Gasteiger partial charge on any atom is 0.348 e. The van der Waals surface area contributed by atoms with E-state index in [1.165, 1.54) is 18.4 Å². The number of amides is 1. The summed E-state index contributed by atoms with van der Waals surface area (Å²) in [6.07, 6.45) is 0.852. The third kappa shape index (κ3) is 2.84. The summed E-state index contributed by atoms with van der Waals surface area (Å²) in [5, 5.41) is 0.960. The van der Waals surface area contributed by atoms with Crippen LogP contribution in [0.4, 0.5) is 5.82 Å². The highest BCUT2D eigenvalue weighted by Gasteiger charge is 2.25. The van der Waals surface area contributed by atoms with Crippen LogP contribution in [0.5, 0.6) is 0 Å². The van der Waals surface area contributed by atoms with Crippen molar-refractivity contribution in [2.24, 2.45) is 0 Å². The quantitative estimate of drug-likeness (QED) is 0.474. The summed E-state index contributed by atoms with van der Waals surface area (Å²) in [6.45, 7) is 4.42. The SMILES string of the molecule is COC(=O)c1sc2nc(Cl)nc(N3CCN(C=O)CC3)c2c1C. The molecule has 0 atom stereocenters. The van der Waals surface area contributed by atoms with Gasteiger partial charge in [-0.15, -0.1) is 11.3 Å². The minimum absolute atomic E-state index is 0.142. The highest BCUT2D eigenvalue weighted by Crippen LogP contribution is 2.36. The molecule has 0 aliphatic carbocycles. The summed E-state index contributed by atoms with van der Waals surface area (Å²) >= 11 is 7.30. The molecule has 2 aromatic rings. The molecule has 1 aliphatic rings. The number of nitrogens with zero attached hydrogens (tertiary/aromatic N) is 4. The van der Waals surface area contributed by atoms with E-state index in [9.17, 15) is 9.59 Å². The second-order valence-electron chi connectivity index (χ2n) is 5.17. The van der Waals surface area contributed by atoms with E-state index in [1.807, 2.05) is 6.92 Å². The van der Waals surface area contributed by atoms with Crippen molar-refractivity contribution in [1.29, 1.82) is 0 Å². The van der Waals surface area contributed by atoms with Crippen LogP contribution in [0.15, 0.2) is 0 Å². The van der Waals surface area contributed by atoms with E-state index in [1.54, 1.807) is 4.90 Å². The molecule has 0 radical (unpaired) electrons. The molecule has 0 aromatic carbocycles. The molecule has 1 aliphatic heterocycles.